The van der Waals surface area contributed by atoms with Crippen LogP contribution in [0.2, 0.25) is 0 Å². The maximum absolute atomic E-state index is 12.7. The second kappa shape index (κ2) is 7.38. The zero-order valence-electron chi connectivity index (χ0n) is 13.9. The summed E-state index contributed by atoms with van der Waals surface area (Å²) in [5, 5.41) is 10.8. The van der Waals surface area contributed by atoms with Gasteiger partial charge in [0.05, 0.1) is 0 Å². The number of amides is 4. The number of rotatable bonds is 5. The molecule has 1 heterocycles. The number of aliphatic carboxylic acids is 1. The quantitative estimate of drug-likeness (QED) is 0.610. The van der Waals surface area contributed by atoms with E-state index in [2.05, 4.69) is 5.32 Å². The number of urea groups is 1. The fourth-order valence-corrected chi connectivity index (χ4v) is 3.14. The van der Waals surface area contributed by atoms with Gasteiger partial charge in [-0.3, -0.25) is 19.8 Å². The van der Waals surface area contributed by atoms with Gasteiger partial charge in [-0.25, -0.2) is 9.59 Å². The first-order valence-corrected chi connectivity index (χ1v) is 8.31. The van der Waals surface area contributed by atoms with Gasteiger partial charge in [-0.1, -0.05) is 25.0 Å². The zero-order chi connectivity index (χ0) is 18.7. The summed E-state index contributed by atoms with van der Waals surface area (Å²) in [4.78, 5) is 48.4. The Bertz CT molecular complexity index is 777. The molecule has 0 bridgehead atoms. The van der Waals surface area contributed by atoms with Crippen molar-refractivity contribution in [3.8, 4) is 5.75 Å². The van der Waals surface area contributed by atoms with Crippen molar-refractivity contribution < 1.29 is 29.0 Å². The fraction of sp³-hybridized carbons (Fsp3) is 0.333. The van der Waals surface area contributed by atoms with Crippen LogP contribution in [-0.2, 0) is 14.4 Å². The smallest absolute Gasteiger partial charge is 0.341 e. The monoisotopic (exact) mass is 358 g/mol. The number of ether oxygens (including phenoxy) is 1. The molecular weight excluding hydrogens is 340 g/mol. The molecule has 26 heavy (non-hydrogen) atoms. The Kier molecular flexibility index (Phi) is 5.01. The Morgan fingerprint density at radius 3 is 2.46 bits per heavy atom. The summed E-state index contributed by atoms with van der Waals surface area (Å²) in [5.41, 5.74) is 0.461. The summed E-state index contributed by atoms with van der Waals surface area (Å²) in [7, 11) is 0. The lowest BCUT2D eigenvalue weighted by Crippen LogP contribution is -2.57. The molecular formula is C18H18N2O6. The largest absolute Gasteiger partial charge is 0.482 e. The molecule has 1 saturated carbocycles. The Morgan fingerprint density at radius 1 is 1.19 bits per heavy atom. The van der Waals surface area contributed by atoms with Gasteiger partial charge >= 0.3 is 12.0 Å². The van der Waals surface area contributed by atoms with E-state index >= 15 is 0 Å². The molecule has 1 aromatic carbocycles. The minimum atomic E-state index is -1.09. The predicted octanol–water partition coefficient (Wildman–Crippen LogP) is 1.55. The second-order valence-electron chi connectivity index (χ2n) is 6.18. The number of carboxylic acids is 1. The standard InChI is InChI=1S/C18H18N2O6/c21-15(22)10-26-13-7-5-11(6-8-13)9-14-16(23)19-18(25)20(17(14)24)12-3-1-2-4-12/h5-9,12H,1-4,10H2,(H,21,22)(H,19,23,25)/b14-9+. The van der Waals surface area contributed by atoms with Gasteiger partial charge in [-0.05, 0) is 36.6 Å². The molecule has 2 aliphatic rings. The van der Waals surface area contributed by atoms with E-state index in [1.807, 2.05) is 0 Å². The molecule has 1 aromatic rings. The molecule has 1 saturated heterocycles. The first kappa shape index (κ1) is 17.7. The van der Waals surface area contributed by atoms with E-state index in [9.17, 15) is 19.2 Å². The van der Waals surface area contributed by atoms with Crippen LogP contribution in [0.25, 0.3) is 6.08 Å². The molecule has 8 heteroatoms. The van der Waals surface area contributed by atoms with Crippen molar-refractivity contribution in [2.75, 3.05) is 6.61 Å². The van der Waals surface area contributed by atoms with Crippen molar-refractivity contribution in [3.05, 3.63) is 35.4 Å². The first-order chi connectivity index (χ1) is 12.5. The van der Waals surface area contributed by atoms with Crippen molar-refractivity contribution in [2.45, 2.75) is 31.7 Å². The summed E-state index contributed by atoms with van der Waals surface area (Å²) >= 11 is 0. The number of barbiturate groups is 1. The molecule has 0 spiro atoms. The number of hydrogen-bond acceptors (Lipinski definition) is 5. The van der Waals surface area contributed by atoms with Crippen molar-refractivity contribution in [2.24, 2.45) is 0 Å². The number of hydrogen-bond donors (Lipinski definition) is 2. The summed E-state index contributed by atoms with van der Waals surface area (Å²) in [6, 6.07) is 5.44. The van der Waals surface area contributed by atoms with Crippen molar-refractivity contribution in [1.29, 1.82) is 0 Å². The number of imide groups is 2. The molecule has 2 N–H and O–H groups in total. The highest BCUT2D eigenvalue weighted by Gasteiger charge is 2.40. The number of nitrogens with zero attached hydrogens (tertiary/aromatic N) is 1. The van der Waals surface area contributed by atoms with Crippen LogP contribution in [0.3, 0.4) is 0 Å². The van der Waals surface area contributed by atoms with Crippen molar-refractivity contribution >= 4 is 29.9 Å². The topological polar surface area (TPSA) is 113 Å². The average molecular weight is 358 g/mol. The Morgan fingerprint density at radius 2 is 1.85 bits per heavy atom. The van der Waals surface area contributed by atoms with Gasteiger partial charge in [0.2, 0.25) is 0 Å². The third-order valence-corrected chi connectivity index (χ3v) is 4.38. The lowest BCUT2D eigenvalue weighted by Gasteiger charge is -2.31. The van der Waals surface area contributed by atoms with Gasteiger partial charge in [0.1, 0.15) is 11.3 Å². The Hall–Kier alpha value is -3.16. The fourth-order valence-electron chi connectivity index (χ4n) is 3.14. The van der Waals surface area contributed by atoms with Gasteiger partial charge in [-0.15, -0.1) is 0 Å². The number of carboxylic acid groups (broad SMARTS) is 1. The summed E-state index contributed by atoms with van der Waals surface area (Å²) in [6.07, 6.45) is 4.80. The van der Waals surface area contributed by atoms with Gasteiger partial charge in [0, 0.05) is 6.04 Å². The normalized spacial score (nSPS) is 19.8. The van der Waals surface area contributed by atoms with E-state index in [0.29, 0.717) is 11.3 Å². The molecule has 4 amide bonds. The predicted molar refractivity (Wildman–Crippen MR) is 90.2 cm³/mol. The molecule has 2 fully saturated rings. The number of benzene rings is 1. The van der Waals surface area contributed by atoms with E-state index in [1.54, 1.807) is 24.3 Å². The van der Waals surface area contributed by atoms with Crippen LogP contribution in [0, 0.1) is 0 Å². The van der Waals surface area contributed by atoms with Crippen molar-refractivity contribution in [3.63, 3.8) is 0 Å². The van der Waals surface area contributed by atoms with Crippen molar-refractivity contribution in [1.82, 2.24) is 10.2 Å². The van der Waals surface area contributed by atoms with E-state index in [0.717, 1.165) is 30.6 Å². The van der Waals surface area contributed by atoms with Gasteiger partial charge < -0.3 is 9.84 Å². The van der Waals surface area contributed by atoms with Crippen LogP contribution in [0.15, 0.2) is 29.8 Å². The first-order valence-electron chi connectivity index (χ1n) is 8.31. The molecule has 0 unspecified atom stereocenters. The zero-order valence-corrected chi connectivity index (χ0v) is 13.9. The minimum absolute atomic E-state index is 0.101. The summed E-state index contributed by atoms with van der Waals surface area (Å²) in [5.74, 6) is -2.04. The molecule has 0 aromatic heterocycles. The van der Waals surface area contributed by atoms with E-state index in [-0.39, 0.29) is 11.6 Å². The Balaban J connectivity index is 1.79. The molecule has 0 atom stereocenters. The minimum Gasteiger partial charge on any atom is -0.482 e. The summed E-state index contributed by atoms with van der Waals surface area (Å²) in [6.45, 7) is -0.459. The van der Waals surface area contributed by atoms with Crippen LogP contribution in [0.4, 0.5) is 4.79 Å². The van der Waals surface area contributed by atoms with Crippen LogP contribution in [0.1, 0.15) is 31.2 Å². The van der Waals surface area contributed by atoms with Gasteiger partial charge in [0.15, 0.2) is 6.61 Å². The number of carbonyl (C=O) groups excluding carboxylic acids is 3. The van der Waals surface area contributed by atoms with Crippen LogP contribution in [0.5, 0.6) is 5.75 Å². The van der Waals surface area contributed by atoms with Crippen LogP contribution < -0.4 is 10.1 Å². The third kappa shape index (κ3) is 3.74. The average Bonchev–Trinajstić information content (AvgIpc) is 3.11. The van der Waals surface area contributed by atoms with Gasteiger partial charge in [-0.2, -0.15) is 0 Å². The summed E-state index contributed by atoms with van der Waals surface area (Å²) < 4.78 is 5.03. The number of nitrogens with one attached hydrogen (secondary N) is 1. The maximum Gasteiger partial charge on any atom is 0.341 e. The molecule has 8 nitrogen and oxygen atoms in total. The van der Waals surface area contributed by atoms with E-state index in [1.165, 1.54) is 6.08 Å². The number of carbonyl (C=O) groups is 4. The van der Waals surface area contributed by atoms with E-state index in [4.69, 9.17) is 9.84 Å². The molecule has 0 radical (unpaired) electrons. The molecule has 1 aliphatic carbocycles. The lowest BCUT2D eigenvalue weighted by molar-refractivity contribution is -0.139. The molecule has 1 aliphatic heterocycles. The third-order valence-electron chi connectivity index (χ3n) is 4.38. The lowest BCUT2D eigenvalue weighted by atomic mass is 10.1. The SMILES string of the molecule is O=C(O)COc1ccc(/C=C2\C(=O)NC(=O)N(C3CCCC3)C2=O)cc1. The second-order valence-corrected chi connectivity index (χ2v) is 6.18. The molecule has 3 rings (SSSR count). The highest BCUT2D eigenvalue weighted by atomic mass is 16.5. The van der Waals surface area contributed by atoms with Crippen LogP contribution >= 0.6 is 0 Å². The van der Waals surface area contributed by atoms with Gasteiger partial charge in [0.25, 0.3) is 11.8 Å². The Labute approximate surface area is 149 Å². The maximum atomic E-state index is 12.7. The highest BCUT2D eigenvalue weighted by Crippen LogP contribution is 2.27. The molecule has 136 valence electrons. The highest BCUT2D eigenvalue weighted by molar-refractivity contribution is 6.31. The van der Waals surface area contributed by atoms with E-state index < -0.39 is 30.4 Å². The van der Waals surface area contributed by atoms with Crippen LogP contribution in [-0.4, -0.2) is 46.5 Å².